The molecule has 33 heavy (non-hydrogen) atoms. The number of ether oxygens (including phenoxy) is 1. The van der Waals surface area contributed by atoms with Gasteiger partial charge in [0.1, 0.15) is 0 Å². The van der Waals surface area contributed by atoms with Gasteiger partial charge in [-0.3, -0.25) is 9.48 Å². The molecule has 1 saturated heterocycles. The first kappa shape index (κ1) is 23.2. The predicted molar refractivity (Wildman–Crippen MR) is 124 cm³/mol. The topological polar surface area (TPSA) is 93.5 Å². The standard InChI is InChI=1S/C24H28N4O4S/c1-18-23(19(2)28(26-18)17-20-7-4-3-5-8-20)16-25-24(29)21-9-6-10-22(15-21)33(30,31)27-11-13-32-14-12-27/h3-10,15H,11-14,16-17H2,1-2H3,(H,25,29). The molecule has 0 unspecified atom stereocenters. The second-order valence-electron chi connectivity index (χ2n) is 8.02. The van der Waals surface area contributed by atoms with Crippen molar-refractivity contribution in [2.75, 3.05) is 26.3 Å². The quantitative estimate of drug-likeness (QED) is 0.575. The number of rotatable bonds is 7. The van der Waals surface area contributed by atoms with Crippen molar-refractivity contribution in [3.63, 3.8) is 0 Å². The highest BCUT2D eigenvalue weighted by atomic mass is 32.2. The van der Waals surface area contributed by atoms with E-state index in [1.807, 2.05) is 36.7 Å². The van der Waals surface area contributed by atoms with Crippen molar-refractivity contribution < 1.29 is 17.9 Å². The Kier molecular flexibility index (Phi) is 6.92. The zero-order chi connectivity index (χ0) is 23.4. The molecule has 2 aromatic carbocycles. The fourth-order valence-corrected chi connectivity index (χ4v) is 5.36. The predicted octanol–water partition coefficient (Wildman–Crippen LogP) is 2.50. The molecule has 0 saturated carbocycles. The van der Waals surface area contributed by atoms with E-state index in [1.54, 1.807) is 12.1 Å². The van der Waals surface area contributed by atoms with Crippen molar-refractivity contribution in [3.05, 3.63) is 82.7 Å². The number of morpholine rings is 1. The van der Waals surface area contributed by atoms with Gasteiger partial charge in [0.2, 0.25) is 10.0 Å². The van der Waals surface area contributed by atoms with Crippen molar-refractivity contribution in [1.82, 2.24) is 19.4 Å². The molecule has 0 spiro atoms. The van der Waals surface area contributed by atoms with Gasteiger partial charge in [0, 0.05) is 36.5 Å². The number of hydrogen-bond acceptors (Lipinski definition) is 5. The molecule has 0 bridgehead atoms. The van der Waals surface area contributed by atoms with Gasteiger partial charge in [0.15, 0.2) is 0 Å². The Morgan fingerprint density at radius 3 is 2.52 bits per heavy atom. The Bertz CT molecular complexity index is 1230. The Labute approximate surface area is 194 Å². The molecular weight excluding hydrogens is 440 g/mol. The van der Waals surface area contributed by atoms with Crippen molar-refractivity contribution in [1.29, 1.82) is 0 Å². The van der Waals surface area contributed by atoms with Crippen LogP contribution in [0.2, 0.25) is 0 Å². The average Bonchev–Trinajstić information content (AvgIpc) is 3.10. The van der Waals surface area contributed by atoms with E-state index >= 15 is 0 Å². The van der Waals surface area contributed by atoms with Crippen molar-refractivity contribution in [2.24, 2.45) is 0 Å². The van der Waals surface area contributed by atoms with Crippen molar-refractivity contribution in [3.8, 4) is 0 Å². The number of aromatic nitrogens is 2. The maximum absolute atomic E-state index is 12.9. The summed E-state index contributed by atoms with van der Waals surface area (Å²) in [6.07, 6.45) is 0. The zero-order valence-corrected chi connectivity index (χ0v) is 19.6. The second-order valence-corrected chi connectivity index (χ2v) is 9.96. The van der Waals surface area contributed by atoms with Gasteiger partial charge in [-0.2, -0.15) is 9.40 Å². The van der Waals surface area contributed by atoms with Gasteiger partial charge in [-0.15, -0.1) is 0 Å². The van der Waals surface area contributed by atoms with E-state index in [4.69, 9.17) is 4.74 Å². The van der Waals surface area contributed by atoms with E-state index in [2.05, 4.69) is 22.5 Å². The lowest BCUT2D eigenvalue weighted by molar-refractivity contribution is 0.0730. The van der Waals surface area contributed by atoms with E-state index in [9.17, 15) is 13.2 Å². The second kappa shape index (κ2) is 9.86. The van der Waals surface area contributed by atoms with Crippen LogP contribution in [0, 0.1) is 13.8 Å². The Hall–Kier alpha value is -3.01. The maximum atomic E-state index is 12.9. The first-order valence-corrected chi connectivity index (χ1v) is 12.3. The van der Waals surface area contributed by atoms with Gasteiger partial charge in [-0.1, -0.05) is 36.4 Å². The Morgan fingerprint density at radius 1 is 1.06 bits per heavy atom. The molecule has 4 rings (SSSR count). The summed E-state index contributed by atoms with van der Waals surface area (Å²) in [7, 11) is -3.67. The summed E-state index contributed by atoms with van der Waals surface area (Å²) in [4.78, 5) is 12.9. The summed E-state index contributed by atoms with van der Waals surface area (Å²) in [5.74, 6) is -0.330. The first-order valence-electron chi connectivity index (χ1n) is 10.9. The van der Waals surface area contributed by atoms with Crippen molar-refractivity contribution in [2.45, 2.75) is 31.8 Å². The summed E-state index contributed by atoms with van der Waals surface area (Å²) >= 11 is 0. The highest BCUT2D eigenvalue weighted by Gasteiger charge is 2.27. The lowest BCUT2D eigenvalue weighted by Crippen LogP contribution is -2.40. The van der Waals surface area contributed by atoms with Crippen LogP contribution in [0.25, 0.3) is 0 Å². The minimum Gasteiger partial charge on any atom is -0.379 e. The minimum absolute atomic E-state index is 0.111. The van der Waals surface area contributed by atoms with E-state index < -0.39 is 10.0 Å². The number of carbonyl (C=O) groups excluding carboxylic acids is 1. The molecule has 1 amide bonds. The van der Waals surface area contributed by atoms with Crippen LogP contribution in [-0.2, 0) is 27.8 Å². The number of hydrogen-bond donors (Lipinski definition) is 1. The number of aryl methyl sites for hydroxylation is 1. The molecule has 1 N–H and O–H groups in total. The van der Waals surface area contributed by atoms with Crippen LogP contribution in [0.4, 0.5) is 0 Å². The molecule has 1 aromatic heterocycles. The lowest BCUT2D eigenvalue weighted by atomic mass is 10.1. The van der Waals surface area contributed by atoms with Gasteiger partial charge < -0.3 is 10.1 Å². The van der Waals surface area contributed by atoms with Gasteiger partial charge in [0.25, 0.3) is 5.91 Å². The minimum atomic E-state index is -3.67. The number of sulfonamides is 1. The van der Waals surface area contributed by atoms with Crippen LogP contribution in [0.15, 0.2) is 59.5 Å². The molecule has 0 aliphatic carbocycles. The summed E-state index contributed by atoms with van der Waals surface area (Å²) in [6, 6.07) is 16.2. The van der Waals surface area contributed by atoms with E-state index in [0.29, 0.717) is 45.0 Å². The Balaban J connectivity index is 1.46. The highest BCUT2D eigenvalue weighted by Crippen LogP contribution is 2.19. The molecule has 1 aliphatic heterocycles. The maximum Gasteiger partial charge on any atom is 0.251 e. The average molecular weight is 469 g/mol. The molecule has 8 nitrogen and oxygen atoms in total. The summed E-state index contributed by atoms with van der Waals surface area (Å²) < 4.78 is 34.4. The molecule has 3 aromatic rings. The molecule has 2 heterocycles. The zero-order valence-electron chi connectivity index (χ0n) is 18.8. The molecule has 1 aliphatic rings. The van der Waals surface area contributed by atoms with Gasteiger partial charge in [-0.05, 0) is 37.6 Å². The third kappa shape index (κ3) is 5.16. The monoisotopic (exact) mass is 468 g/mol. The normalized spacial score (nSPS) is 14.8. The SMILES string of the molecule is Cc1nn(Cc2ccccc2)c(C)c1CNC(=O)c1cccc(S(=O)(=O)N2CCOCC2)c1. The number of nitrogens with one attached hydrogen (secondary N) is 1. The molecule has 0 radical (unpaired) electrons. The Morgan fingerprint density at radius 2 is 1.79 bits per heavy atom. The van der Waals surface area contributed by atoms with E-state index in [-0.39, 0.29) is 10.8 Å². The van der Waals surface area contributed by atoms with Gasteiger partial charge >= 0.3 is 0 Å². The molecule has 1 fully saturated rings. The molecule has 9 heteroatoms. The largest absolute Gasteiger partial charge is 0.379 e. The third-order valence-corrected chi connectivity index (χ3v) is 7.73. The van der Waals surface area contributed by atoms with Crippen LogP contribution >= 0.6 is 0 Å². The first-order chi connectivity index (χ1) is 15.9. The summed E-state index contributed by atoms with van der Waals surface area (Å²) in [5, 5.41) is 7.54. The van der Waals surface area contributed by atoms with Gasteiger partial charge in [0.05, 0.1) is 30.3 Å². The van der Waals surface area contributed by atoms with Gasteiger partial charge in [-0.25, -0.2) is 8.42 Å². The van der Waals surface area contributed by atoms with Crippen molar-refractivity contribution >= 4 is 15.9 Å². The fourth-order valence-electron chi connectivity index (χ4n) is 3.90. The van der Waals surface area contributed by atoms with Crippen LogP contribution in [0.1, 0.15) is 32.9 Å². The summed E-state index contributed by atoms with van der Waals surface area (Å²) in [5.41, 5.74) is 4.25. The molecular formula is C24H28N4O4S. The number of nitrogens with zero attached hydrogens (tertiary/aromatic N) is 3. The number of benzene rings is 2. The fraction of sp³-hybridized carbons (Fsp3) is 0.333. The number of amides is 1. The molecule has 174 valence electrons. The van der Waals surface area contributed by atoms with Crippen LogP contribution in [0.5, 0.6) is 0 Å². The summed E-state index contributed by atoms with van der Waals surface area (Å²) in [6.45, 7) is 6.24. The lowest BCUT2D eigenvalue weighted by Gasteiger charge is -2.26. The van der Waals surface area contributed by atoms with Crippen LogP contribution in [0.3, 0.4) is 0 Å². The third-order valence-electron chi connectivity index (χ3n) is 5.84. The molecule has 0 atom stereocenters. The van der Waals surface area contributed by atoms with Crippen LogP contribution in [-0.4, -0.2) is 54.7 Å². The van der Waals surface area contributed by atoms with Crippen LogP contribution < -0.4 is 5.32 Å². The number of carbonyl (C=O) groups is 1. The smallest absolute Gasteiger partial charge is 0.251 e. The van der Waals surface area contributed by atoms with E-state index in [1.165, 1.54) is 16.4 Å². The highest BCUT2D eigenvalue weighted by molar-refractivity contribution is 7.89. The van der Waals surface area contributed by atoms with E-state index in [0.717, 1.165) is 22.5 Å².